The molecule has 0 aromatic heterocycles. The molecule has 52 valence electrons. The number of amidine groups is 1. The fraction of sp³-hybridized carbons (Fsp3) is 0.833. The van der Waals surface area contributed by atoms with E-state index in [1.807, 2.05) is 6.92 Å². The molecule has 1 aliphatic rings. The van der Waals surface area contributed by atoms with Crippen LogP contribution in [-0.4, -0.2) is 11.4 Å². The van der Waals surface area contributed by atoms with Gasteiger partial charge in [0, 0.05) is 0 Å². The molecule has 1 aliphatic carbocycles. The fourth-order valence-corrected chi connectivity index (χ4v) is 0.903. The summed E-state index contributed by atoms with van der Waals surface area (Å²) < 4.78 is 0. The largest absolute Gasteiger partial charge is 0.386 e. The zero-order valence-corrected chi connectivity index (χ0v) is 5.65. The van der Waals surface area contributed by atoms with Crippen molar-refractivity contribution in [3.8, 4) is 0 Å². The van der Waals surface area contributed by atoms with Crippen LogP contribution in [0.5, 0.6) is 0 Å². The standard InChI is InChI=1S/C6H13N3/c1-6(9,5(7)8)4-2-3-4/h4H,2-3,9H2,1H3,(H3,7,8). The van der Waals surface area contributed by atoms with Crippen molar-refractivity contribution in [2.45, 2.75) is 25.3 Å². The van der Waals surface area contributed by atoms with Crippen LogP contribution in [0.2, 0.25) is 0 Å². The second-order valence-electron chi connectivity index (χ2n) is 2.97. The normalized spacial score (nSPS) is 25.1. The van der Waals surface area contributed by atoms with Gasteiger partial charge in [-0.25, -0.2) is 0 Å². The monoisotopic (exact) mass is 127 g/mol. The van der Waals surface area contributed by atoms with Crippen molar-refractivity contribution >= 4 is 5.84 Å². The minimum absolute atomic E-state index is 0.116. The van der Waals surface area contributed by atoms with Gasteiger partial charge in [0.15, 0.2) is 0 Å². The maximum Gasteiger partial charge on any atom is 0.111 e. The second kappa shape index (κ2) is 1.70. The smallest absolute Gasteiger partial charge is 0.111 e. The summed E-state index contributed by atoms with van der Waals surface area (Å²) in [4.78, 5) is 0. The lowest BCUT2D eigenvalue weighted by atomic mass is 9.96. The average Bonchev–Trinajstić information content (AvgIpc) is 2.42. The molecule has 0 bridgehead atoms. The molecule has 0 aromatic rings. The number of rotatable bonds is 2. The van der Waals surface area contributed by atoms with E-state index in [9.17, 15) is 0 Å². The summed E-state index contributed by atoms with van der Waals surface area (Å²) in [6.45, 7) is 1.83. The van der Waals surface area contributed by atoms with Crippen molar-refractivity contribution < 1.29 is 0 Å². The van der Waals surface area contributed by atoms with Crippen molar-refractivity contribution in [1.29, 1.82) is 5.41 Å². The summed E-state index contributed by atoms with van der Waals surface area (Å²) in [5, 5.41) is 7.12. The lowest BCUT2D eigenvalue weighted by Crippen LogP contribution is -2.50. The van der Waals surface area contributed by atoms with Gasteiger partial charge < -0.3 is 11.5 Å². The van der Waals surface area contributed by atoms with Crippen molar-refractivity contribution in [2.24, 2.45) is 17.4 Å². The van der Waals surface area contributed by atoms with Gasteiger partial charge in [0.1, 0.15) is 5.84 Å². The zero-order valence-electron chi connectivity index (χ0n) is 5.65. The van der Waals surface area contributed by atoms with Crippen LogP contribution in [0.4, 0.5) is 0 Å². The van der Waals surface area contributed by atoms with Gasteiger partial charge in [-0.15, -0.1) is 0 Å². The molecule has 5 N–H and O–H groups in total. The first-order valence-corrected chi connectivity index (χ1v) is 3.18. The Morgan fingerprint density at radius 3 is 2.22 bits per heavy atom. The van der Waals surface area contributed by atoms with E-state index >= 15 is 0 Å². The van der Waals surface area contributed by atoms with Crippen LogP contribution in [0.3, 0.4) is 0 Å². The first kappa shape index (κ1) is 6.55. The zero-order chi connectivity index (χ0) is 7.07. The van der Waals surface area contributed by atoms with Gasteiger partial charge in [-0.2, -0.15) is 0 Å². The Morgan fingerprint density at radius 1 is 1.67 bits per heavy atom. The number of nitrogens with one attached hydrogen (secondary N) is 1. The summed E-state index contributed by atoms with van der Waals surface area (Å²) in [5.41, 5.74) is 10.5. The minimum Gasteiger partial charge on any atom is -0.386 e. The van der Waals surface area contributed by atoms with Gasteiger partial charge >= 0.3 is 0 Å². The van der Waals surface area contributed by atoms with Crippen LogP contribution in [0.25, 0.3) is 0 Å². The van der Waals surface area contributed by atoms with E-state index in [1.54, 1.807) is 0 Å². The molecule has 1 atom stereocenters. The molecular formula is C6H13N3. The summed E-state index contributed by atoms with van der Waals surface area (Å²) in [6, 6.07) is 0. The Morgan fingerprint density at radius 2 is 2.11 bits per heavy atom. The molecule has 0 aromatic carbocycles. The quantitative estimate of drug-likeness (QED) is 0.362. The average molecular weight is 127 g/mol. The molecule has 9 heavy (non-hydrogen) atoms. The van der Waals surface area contributed by atoms with E-state index in [0.29, 0.717) is 5.92 Å². The molecule has 0 radical (unpaired) electrons. The summed E-state index contributed by atoms with van der Waals surface area (Å²) in [7, 11) is 0. The first-order chi connectivity index (χ1) is 4.05. The van der Waals surface area contributed by atoms with Crippen LogP contribution in [-0.2, 0) is 0 Å². The second-order valence-corrected chi connectivity index (χ2v) is 2.97. The molecule has 0 aliphatic heterocycles. The minimum atomic E-state index is -0.528. The molecule has 0 saturated heterocycles. The highest BCUT2D eigenvalue weighted by molar-refractivity contribution is 5.87. The van der Waals surface area contributed by atoms with Crippen molar-refractivity contribution in [2.75, 3.05) is 0 Å². The fourth-order valence-electron chi connectivity index (χ4n) is 0.903. The third-order valence-corrected chi connectivity index (χ3v) is 2.01. The third kappa shape index (κ3) is 1.05. The summed E-state index contributed by atoms with van der Waals surface area (Å²) >= 11 is 0. The van der Waals surface area contributed by atoms with Gasteiger partial charge in [-0.3, -0.25) is 5.41 Å². The number of hydrogen-bond donors (Lipinski definition) is 3. The summed E-state index contributed by atoms with van der Waals surface area (Å²) in [6.07, 6.45) is 2.26. The van der Waals surface area contributed by atoms with Crippen molar-refractivity contribution in [3.63, 3.8) is 0 Å². The molecule has 1 fully saturated rings. The highest BCUT2D eigenvalue weighted by atomic mass is 14.9. The maximum atomic E-state index is 7.12. The van der Waals surface area contributed by atoms with Crippen LogP contribution >= 0.6 is 0 Å². The molecule has 0 amide bonds. The maximum absolute atomic E-state index is 7.12. The highest BCUT2D eigenvalue weighted by Crippen LogP contribution is 2.37. The molecular weight excluding hydrogens is 114 g/mol. The predicted octanol–water partition coefficient (Wildman–Crippen LogP) is 0.0498. The van der Waals surface area contributed by atoms with Crippen molar-refractivity contribution in [1.82, 2.24) is 0 Å². The molecule has 0 spiro atoms. The van der Waals surface area contributed by atoms with E-state index in [4.69, 9.17) is 16.9 Å². The molecule has 0 heterocycles. The summed E-state index contributed by atoms with van der Waals surface area (Å²) in [5.74, 6) is 0.583. The van der Waals surface area contributed by atoms with Crippen LogP contribution in [0.15, 0.2) is 0 Å². The predicted molar refractivity (Wildman–Crippen MR) is 37.2 cm³/mol. The molecule has 1 unspecified atom stereocenters. The topological polar surface area (TPSA) is 75.9 Å². The molecule has 3 nitrogen and oxygen atoms in total. The lowest BCUT2D eigenvalue weighted by Gasteiger charge is -2.21. The van der Waals surface area contributed by atoms with Crippen LogP contribution < -0.4 is 11.5 Å². The van der Waals surface area contributed by atoms with Crippen molar-refractivity contribution in [3.05, 3.63) is 0 Å². The highest BCUT2D eigenvalue weighted by Gasteiger charge is 2.40. The Balaban J connectivity index is 2.59. The first-order valence-electron chi connectivity index (χ1n) is 3.18. The Bertz CT molecular complexity index is 135. The van der Waals surface area contributed by atoms with Gasteiger partial charge in [-0.1, -0.05) is 0 Å². The van der Waals surface area contributed by atoms with Gasteiger partial charge in [0.2, 0.25) is 0 Å². The van der Waals surface area contributed by atoms with Gasteiger partial charge in [0.05, 0.1) is 5.54 Å². The van der Waals surface area contributed by atoms with E-state index in [0.717, 1.165) is 12.8 Å². The number of hydrogen-bond acceptors (Lipinski definition) is 2. The molecule has 1 rings (SSSR count). The lowest BCUT2D eigenvalue weighted by molar-refractivity contribution is 0.538. The molecule has 3 heteroatoms. The van der Waals surface area contributed by atoms with E-state index in [-0.39, 0.29) is 5.84 Å². The molecule has 1 saturated carbocycles. The van der Waals surface area contributed by atoms with E-state index < -0.39 is 5.54 Å². The van der Waals surface area contributed by atoms with E-state index in [1.165, 1.54) is 0 Å². The SMILES string of the molecule is CC(N)(C(=N)N)C1CC1. The Hall–Kier alpha value is -0.570. The Labute approximate surface area is 54.9 Å². The number of nitrogens with two attached hydrogens (primary N) is 2. The van der Waals surface area contributed by atoms with Crippen LogP contribution in [0, 0.1) is 11.3 Å². The van der Waals surface area contributed by atoms with Crippen LogP contribution in [0.1, 0.15) is 19.8 Å². The Kier molecular flexibility index (Phi) is 1.24. The third-order valence-electron chi connectivity index (χ3n) is 2.01. The van der Waals surface area contributed by atoms with Gasteiger partial charge in [-0.05, 0) is 25.7 Å². The van der Waals surface area contributed by atoms with Gasteiger partial charge in [0.25, 0.3) is 0 Å². The van der Waals surface area contributed by atoms with E-state index in [2.05, 4.69) is 0 Å².